The molecule has 0 bridgehead atoms. The highest BCUT2D eigenvalue weighted by atomic mass is 79.9. The molecule has 2 aromatic rings. The summed E-state index contributed by atoms with van der Waals surface area (Å²) in [7, 11) is 0. The maximum Gasteiger partial charge on any atom is 0.308 e. The predicted molar refractivity (Wildman–Crippen MR) is 97.5 cm³/mol. The van der Waals surface area contributed by atoms with Gasteiger partial charge in [0.2, 0.25) is 0 Å². The lowest BCUT2D eigenvalue weighted by Crippen LogP contribution is -2.26. The van der Waals surface area contributed by atoms with Crippen LogP contribution >= 0.6 is 28.1 Å². The molecular weight excluding hydrogens is 378 g/mol. The number of benzene rings is 2. The van der Waals surface area contributed by atoms with Gasteiger partial charge in [-0.2, -0.15) is 5.10 Å². The van der Waals surface area contributed by atoms with Gasteiger partial charge in [0.05, 0.1) is 5.71 Å². The second-order valence-corrected chi connectivity index (χ2v) is 5.92. The third kappa shape index (κ3) is 5.15. The number of nitrogens with one attached hydrogen (secondary N) is 1. The molecule has 0 heterocycles. The molecule has 0 atom stereocenters. The van der Waals surface area contributed by atoms with Gasteiger partial charge in [-0.3, -0.25) is 10.2 Å². The van der Waals surface area contributed by atoms with E-state index in [4.69, 9.17) is 22.7 Å². The Morgan fingerprint density at radius 3 is 2.48 bits per heavy atom. The molecule has 0 aliphatic carbocycles. The largest absolute Gasteiger partial charge is 0.427 e. The Balaban J connectivity index is 2.47. The molecule has 0 unspecified atom stereocenters. The topological polar surface area (TPSA) is 76.7 Å². The van der Waals surface area contributed by atoms with Crippen molar-refractivity contribution >= 4 is 44.9 Å². The van der Waals surface area contributed by atoms with Gasteiger partial charge < -0.3 is 10.5 Å². The van der Waals surface area contributed by atoms with Crippen LogP contribution in [0.5, 0.6) is 5.75 Å². The highest BCUT2D eigenvalue weighted by Crippen LogP contribution is 2.20. The third-order valence-corrected chi connectivity index (χ3v) is 3.33. The van der Waals surface area contributed by atoms with Gasteiger partial charge in [0.25, 0.3) is 0 Å². The van der Waals surface area contributed by atoms with E-state index in [1.54, 1.807) is 18.2 Å². The summed E-state index contributed by atoms with van der Waals surface area (Å²) in [5.41, 5.74) is 10.3. The van der Waals surface area contributed by atoms with E-state index < -0.39 is 0 Å². The van der Waals surface area contributed by atoms with E-state index in [0.29, 0.717) is 11.5 Å². The highest BCUT2D eigenvalue weighted by Gasteiger charge is 2.10. The molecule has 0 radical (unpaired) electrons. The van der Waals surface area contributed by atoms with Crippen LogP contribution in [0.4, 0.5) is 0 Å². The maximum absolute atomic E-state index is 11.1. The number of hydrogen-bond donors (Lipinski definition) is 2. The van der Waals surface area contributed by atoms with Crippen LogP contribution in [0.25, 0.3) is 0 Å². The Hall–Kier alpha value is -2.25. The van der Waals surface area contributed by atoms with Crippen molar-refractivity contribution in [3.05, 3.63) is 64.1 Å². The minimum absolute atomic E-state index is 0.0636. The number of hydrogen-bond acceptors (Lipinski definition) is 4. The summed E-state index contributed by atoms with van der Waals surface area (Å²) in [6, 6.07) is 14.7. The summed E-state index contributed by atoms with van der Waals surface area (Å²) in [5, 5.41) is 4.33. The van der Waals surface area contributed by atoms with Crippen LogP contribution in [0, 0.1) is 0 Å². The normalized spacial score (nSPS) is 11.0. The number of carbonyl (C=O) groups excluding carboxylic acids is 1. The van der Waals surface area contributed by atoms with Gasteiger partial charge >= 0.3 is 5.97 Å². The van der Waals surface area contributed by atoms with Crippen molar-refractivity contribution in [1.29, 1.82) is 0 Å². The van der Waals surface area contributed by atoms with Gasteiger partial charge in [-0.15, -0.1) is 0 Å². The molecule has 0 amide bonds. The second kappa shape index (κ2) is 7.85. The second-order valence-electron chi connectivity index (χ2n) is 4.57. The van der Waals surface area contributed by atoms with Crippen molar-refractivity contribution < 1.29 is 9.53 Å². The summed E-state index contributed by atoms with van der Waals surface area (Å²) >= 11 is 8.24. The number of thiocarbonyl (C=S) groups is 1. The van der Waals surface area contributed by atoms with E-state index in [1.807, 2.05) is 30.3 Å². The van der Waals surface area contributed by atoms with Crippen LogP contribution in [0.1, 0.15) is 18.1 Å². The molecule has 0 aliphatic heterocycles. The molecule has 118 valence electrons. The van der Waals surface area contributed by atoms with E-state index >= 15 is 0 Å². The first kappa shape index (κ1) is 17.1. The molecule has 3 N–H and O–H groups in total. The van der Waals surface area contributed by atoms with Crippen LogP contribution in [-0.2, 0) is 4.79 Å². The first-order valence-corrected chi connectivity index (χ1v) is 7.84. The lowest BCUT2D eigenvalue weighted by molar-refractivity contribution is -0.131. The SMILES string of the molecule is CC(=O)Oc1cccc(/C(=N\NC(N)=S)c2cccc(Br)c2)c1. The molecule has 0 spiro atoms. The number of halogens is 1. The monoisotopic (exact) mass is 391 g/mol. The van der Waals surface area contributed by atoms with Crippen molar-refractivity contribution in [1.82, 2.24) is 5.43 Å². The number of hydrazone groups is 1. The summed E-state index contributed by atoms with van der Waals surface area (Å²) in [5.74, 6) is 0.0531. The molecular formula is C16H14BrN3O2S. The molecule has 2 rings (SSSR count). The van der Waals surface area contributed by atoms with Crippen LogP contribution in [-0.4, -0.2) is 16.8 Å². The van der Waals surface area contributed by atoms with Crippen molar-refractivity contribution in [2.24, 2.45) is 10.8 Å². The number of nitrogens with two attached hydrogens (primary N) is 1. The number of carbonyl (C=O) groups is 1. The van der Waals surface area contributed by atoms with Gasteiger partial charge in [-0.25, -0.2) is 0 Å². The molecule has 0 fully saturated rings. The van der Waals surface area contributed by atoms with Gasteiger partial charge in [-0.05, 0) is 36.5 Å². The summed E-state index contributed by atoms with van der Waals surface area (Å²) < 4.78 is 6.03. The Labute approximate surface area is 147 Å². The minimum Gasteiger partial charge on any atom is -0.427 e. The molecule has 0 saturated carbocycles. The van der Waals surface area contributed by atoms with Crippen molar-refractivity contribution in [2.75, 3.05) is 0 Å². The van der Waals surface area contributed by atoms with E-state index in [1.165, 1.54) is 6.92 Å². The predicted octanol–water partition coefficient (Wildman–Crippen LogP) is 2.96. The fraction of sp³-hybridized carbons (Fsp3) is 0.0625. The van der Waals surface area contributed by atoms with Crippen molar-refractivity contribution in [2.45, 2.75) is 6.92 Å². The van der Waals surface area contributed by atoms with Crippen LogP contribution in [0.2, 0.25) is 0 Å². The van der Waals surface area contributed by atoms with Crippen molar-refractivity contribution in [3.63, 3.8) is 0 Å². The highest BCUT2D eigenvalue weighted by molar-refractivity contribution is 9.10. The quantitative estimate of drug-likeness (QED) is 0.275. The fourth-order valence-corrected chi connectivity index (χ4v) is 2.36. The standard InChI is InChI=1S/C16H14BrN3O2S/c1-10(21)22-14-7-3-5-12(9-14)15(19-20-16(18)23)11-4-2-6-13(17)8-11/h2-9H,1H3,(H3,18,20,23)/b19-15-. The number of nitrogens with zero attached hydrogens (tertiary/aromatic N) is 1. The summed E-state index contributed by atoms with van der Waals surface area (Å²) in [6.45, 7) is 1.35. The molecule has 0 aromatic heterocycles. The smallest absolute Gasteiger partial charge is 0.308 e. The van der Waals surface area contributed by atoms with E-state index in [-0.39, 0.29) is 11.1 Å². The summed E-state index contributed by atoms with van der Waals surface area (Å²) in [6.07, 6.45) is 0. The van der Waals surface area contributed by atoms with Crippen LogP contribution < -0.4 is 15.9 Å². The lowest BCUT2D eigenvalue weighted by atomic mass is 10.0. The average molecular weight is 392 g/mol. The zero-order valence-corrected chi connectivity index (χ0v) is 14.6. The Kier molecular flexibility index (Phi) is 5.84. The molecule has 7 heteroatoms. The first-order chi connectivity index (χ1) is 11.0. The lowest BCUT2D eigenvalue weighted by Gasteiger charge is -2.10. The Morgan fingerprint density at radius 1 is 1.22 bits per heavy atom. The average Bonchev–Trinajstić information content (AvgIpc) is 2.47. The zero-order valence-electron chi connectivity index (χ0n) is 12.2. The molecule has 5 nitrogen and oxygen atoms in total. The Morgan fingerprint density at radius 2 is 1.87 bits per heavy atom. The Bertz CT molecular complexity index is 777. The maximum atomic E-state index is 11.1. The molecule has 23 heavy (non-hydrogen) atoms. The van der Waals surface area contributed by atoms with Gasteiger partial charge in [0, 0.05) is 22.5 Å². The zero-order chi connectivity index (χ0) is 16.8. The van der Waals surface area contributed by atoms with Crippen molar-refractivity contribution in [3.8, 4) is 5.75 Å². The van der Waals surface area contributed by atoms with E-state index in [9.17, 15) is 4.79 Å². The third-order valence-electron chi connectivity index (χ3n) is 2.75. The molecule has 0 aliphatic rings. The first-order valence-electron chi connectivity index (χ1n) is 6.63. The van der Waals surface area contributed by atoms with Crippen LogP contribution in [0.3, 0.4) is 0 Å². The van der Waals surface area contributed by atoms with Crippen LogP contribution in [0.15, 0.2) is 58.1 Å². The molecule has 2 aromatic carbocycles. The number of rotatable bonds is 4. The number of ether oxygens (including phenoxy) is 1. The molecule has 0 saturated heterocycles. The van der Waals surface area contributed by atoms with Gasteiger partial charge in [-0.1, -0.05) is 40.2 Å². The number of esters is 1. The summed E-state index contributed by atoms with van der Waals surface area (Å²) in [4.78, 5) is 11.1. The minimum atomic E-state index is -0.385. The van der Waals surface area contributed by atoms with E-state index in [0.717, 1.165) is 15.6 Å². The van der Waals surface area contributed by atoms with Gasteiger partial charge in [0.1, 0.15) is 5.75 Å². The van der Waals surface area contributed by atoms with Gasteiger partial charge in [0.15, 0.2) is 5.11 Å². The van der Waals surface area contributed by atoms with E-state index in [2.05, 4.69) is 26.5 Å². The fourth-order valence-electron chi connectivity index (χ4n) is 1.92.